The molecule has 0 heterocycles. The molecule has 0 aliphatic heterocycles. The van der Waals surface area contributed by atoms with E-state index in [1.54, 1.807) is 19.1 Å². The molecule has 6 heteroatoms. The van der Waals surface area contributed by atoms with Crippen molar-refractivity contribution >= 4 is 10.0 Å². The van der Waals surface area contributed by atoms with Crippen molar-refractivity contribution in [1.29, 1.82) is 0 Å². The highest BCUT2D eigenvalue weighted by Gasteiger charge is 2.21. The summed E-state index contributed by atoms with van der Waals surface area (Å²) in [5, 5.41) is 0. The van der Waals surface area contributed by atoms with Crippen LogP contribution < -0.4 is 10.5 Å². The van der Waals surface area contributed by atoms with E-state index in [0.29, 0.717) is 36.1 Å². The summed E-state index contributed by atoms with van der Waals surface area (Å²) in [6, 6.07) is 5.25. The second-order valence-corrected chi connectivity index (χ2v) is 6.96. The fourth-order valence-corrected chi connectivity index (χ4v) is 3.23. The van der Waals surface area contributed by atoms with Gasteiger partial charge in [-0.25, -0.2) is 13.1 Å². The highest BCUT2D eigenvalue weighted by Crippen LogP contribution is 2.28. The van der Waals surface area contributed by atoms with E-state index in [1.165, 1.54) is 12.8 Å². The minimum absolute atomic E-state index is 0.293. The molecule has 2 rings (SSSR count). The third-order valence-electron chi connectivity index (χ3n) is 3.37. The lowest BCUT2D eigenvalue weighted by Gasteiger charge is -2.11. The van der Waals surface area contributed by atoms with Crippen LogP contribution in [0.1, 0.15) is 24.0 Å². The van der Waals surface area contributed by atoms with Gasteiger partial charge < -0.3 is 10.5 Å². The Morgan fingerprint density at radius 2 is 2.15 bits per heavy atom. The van der Waals surface area contributed by atoms with Gasteiger partial charge in [-0.15, -0.1) is 0 Å². The van der Waals surface area contributed by atoms with Gasteiger partial charge in [-0.1, -0.05) is 12.1 Å². The van der Waals surface area contributed by atoms with E-state index in [9.17, 15) is 8.42 Å². The van der Waals surface area contributed by atoms with Crippen LogP contribution in [-0.2, 0) is 21.3 Å². The normalized spacial score (nSPS) is 15.5. The van der Waals surface area contributed by atoms with Gasteiger partial charge in [0.15, 0.2) is 0 Å². The first-order valence-electron chi connectivity index (χ1n) is 6.90. The Balaban J connectivity index is 1.91. The van der Waals surface area contributed by atoms with Crippen molar-refractivity contribution in [2.45, 2.75) is 31.2 Å². The summed E-state index contributed by atoms with van der Waals surface area (Å²) in [6.07, 6.45) is 2.47. The van der Waals surface area contributed by atoms with E-state index in [0.717, 1.165) is 12.2 Å². The van der Waals surface area contributed by atoms with E-state index < -0.39 is 10.0 Å². The molecule has 0 spiro atoms. The predicted octanol–water partition coefficient (Wildman–Crippen LogP) is 1.16. The molecule has 3 N–H and O–H groups in total. The molecule has 1 fully saturated rings. The minimum atomic E-state index is -3.49. The van der Waals surface area contributed by atoms with E-state index in [4.69, 9.17) is 10.5 Å². The Bertz CT molecular complexity index is 554. The summed E-state index contributed by atoms with van der Waals surface area (Å²) in [4.78, 5) is 0.294. The highest BCUT2D eigenvalue weighted by atomic mass is 32.2. The second-order valence-electron chi connectivity index (χ2n) is 5.22. The fourth-order valence-electron chi connectivity index (χ4n) is 1.92. The van der Waals surface area contributed by atoms with Gasteiger partial charge in [0, 0.05) is 19.7 Å². The minimum Gasteiger partial charge on any atom is -0.380 e. The zero-order valence-electron chi connectivity index (χ0n) is 11.8. The molecule has 1 aromatic rings. The average Bonchev–Trinajstić information content (AvgIpc) is 3.23. The smallest absolute Gasteiger partial charge is 0.240 e. The van der Waals surface area contributed by atoms with Gasteiger partial charge >= 0.3 is 0 Å². The van der Waals surface area contributed by atoms with Crippen molar-refractivity contribution in [2.24, 2.45) is 11.7 Å². The van der Waals surface area contributed by atoms with Crippen LogP contribution in [0.5, 0.6) is 0 Å². The van der Waals surface area contributed by atoms with Crippen LogP contribution in [0.25, 0.3) is 0 Å². The van der Waals surface area contributed by atoms with Gasteiger partial charge in [0.1, 0.15) is 0 Å². The van der Waals surface area contributed by atoms with Crippen LogP contribution in [0.3, 0.4) is 0 Å². The number of benzene rings is 1. The zero-order chi connectivity index (χ0) is 14.6. The molecule has 0 aromatic heterocycles. The van der Waals surface area contributed by atoms with Crippen LogP contribution in [0.2, 0.25) is 0 Å². The molecule has 1 saturated carbocycles. The first-order valence-corrected chi connectivity index (χ1v) is 8.38. The van der Waals surface area contributed by atoms with Gasteiger partial charge in [-0.3, -0.25) is 0 Å². The molecule has 1 aliphatic carbocycles. The van der Waals surface area contributed by atoms with Crippen molar-refractivity contribution in [1.82, 2.24) is 4.72 Å². The Hall–Kier alpha value is -0.950. The third kappa shape index (κ3) is 4.28. The van der Waals surface area contributed by atoms with Gasteiger partial charge in [-0.2, -0.15) is 0 Å². The van der Waals surface area contributed by atoms with Crippen LogP contribution in [0.15, 0.2) is 23.1 Å². The third-order valence-corrected chi connectivity index (χ3v) is 4.97. The molecule has 112 valence electrons. The lowest BCUT2D eigenvalue weighted by Crippen LogP contribution is -2.28. The average molecular weight is 298 g/mol. The summed E-state index contributed by atoms with van der Waals surface area (Å²) in [7, 11) is -3.49. The quantitative estimate of drug-likeness (QED) is 0.706. The molecular weight excluding hydrogens is 276 g/mol. The summed E-state index contributed by atoms with van der Waals surface area (Å²) in [5.74, 6) is 0.690. The number of hydrogen-bond donors (Lipinski definition) is 2. The molecule has 0 radical (unpaired) electrons. The zero-order valence-corrected chi connectivity index (χ0v) is 12.6. The van der Waals surface area contributed by atoms with E-state index in [-0.39, 0.29) is 0 Å². The van der Waals surface area contributed by atoms with E-state index >= 15 is 0 Å². The number of nitrogens with two attached hydrogens (primary N) is 1. The molecule has 1 aliphatic rings. The second kappa shape index (κ2) is 6.67. The van der Waals surface area contributed by atoms with Crippen molar-refractivity contribution in [2.75, 3.05) is 19.8 Å². The van der Waals surface area contributed by atoms with Crippen molar-refractivity contribution < 1.29 is 13.2 Å². The number of hydrogen-bond acceptors (Lipinski definition) is 4. The first kappa shape index (κ1) is 15.4. The standard InChI is InChI=1S/C14H22N2O3S/c1-11-2-3-13(9-15)8-14(11)20(17,18)16-6-7-19-10-12-4-5-12/h2-3,8,12,16H,4-7,9-10,15H2,1H3. The van der Waals surface area contributed by atoms with Crippen LogP contribution >= 0.6 is 0 Å². The topological polar surface area (TPSA) is 81.4 Å². The largest absolute Gasteiger partial charge is 0.380 e. The maximum absolute atomic E-state index is 12.2. The molecule has 1 aromatic carbocycles. The van der Waals surface area contributed by atoms with E-state index in [2.05, 4.69) is 4.72 Å². The lowest BCUT2D eigenvalue weighted by molar-refractivity contribution is 0.129. The number of nitrogens with one attached hydrogen (secondary N) is 1. The summed E-state index contributed by atoms with van der Waals surface area (Å²) < 4.78 is 32.4. The molecular formula is C14H22N2O3S. The van der Waals surface area contributed by atoms with Gasteiger partial charge in [0.05, 0.1) is 11.5 Å². The number of ether oxygens (including phenoxy) is 1. The number of sulfonamides is 1. The summed E-state index contributed by atoms with van der Waals surface area (Å²) in [5.41, 5.74) is 7.07. The van der Waals surface area contributed by atoms with Crippen LogP contribution in [-0.4, -0.2) is 28.2 Å². The Morgan fingerprint density at radius 1 is 1.40 bits per heavy atom. The monoisotopic (exact) mass is 298 g/mol. The van der Waals surface area contributed by atoms with Gasteiger partial charge in [-0.05, 0) is 42.9 Å². The maximum atomic E-state index is 12.2. The van der Waals surface area contributed by atoms with Gasteiger partial charge in [0.25, 0.3) is 0 Å². The molecule has 20 heavy (non-hydrogen) atoms. The first-order chi connectivity index (χ1) is 9.53. The lowest BCUT2D eigenvalue weighted by atomic mass is 10.1. The summed E-state index contributed by atoms with van der Waals surface area (Å²) >= 11 is 0. The van der Waals surface area contributed by atoms with Crippen molar-refractivity contribution in [3.05, 3.63) is 29.3 Å². The maximum Gasteiger partial charge on any atom is 0.240 e. The number of rotatable bonds is 8. The van der Waals surface area contributed by atoms with Crippen molar-refractivity contribution in [3.63, 3.8) is 0 Å². The molecule has 0 saturated heterocycles. The molecule has 0 amide bonds. The number of aryl methyl sites for hydroxylation is 1. The van der Waals surface area contributed by atoms with E-state index in [1.807, 2.05) is 6.07 Å². The predicted molar refractivity (Wildman–Crippen MR) is 77.8 cm³/mol. The molecule has 5 nitrogen and oxygen atoms in total. The fraction of sp³-hybridized carbons (Fsp3) is 0.571. The highest BCUT2D eigenvalue weighted by molar-refractivity contribution is 7.89. The Kier molecular flexibility index (Phi) is 5.15. The molecule has 0 atom stereocenters. The van der Waals surface area contributed by atoms with Crippen LogP contribution in [0.4, 0.5) is 0 Å². The molecule has 0 unspecified atom stereocenters. The Labute approximate surface area is 120 Å². The Morgan fingerprint density at radius 3 is 2.80 bits per heavy atom. The van der Waals surface area contributed by atoms with Crippen molar-refractivity contribution in [3.8, 4) is 0 Å². The van der Waals surface area contributed by atoms with Crippen LogP contribution in [0, 0.1) is 12.8 Å². The van der Waals surface area contributed by atoms with Gasteiger partial charge in [0.2, 0.25) is 10.0 Å². The summed E-state index contributed by atoms with van der Waals surface area (Å²) in [6.45, 7) is 3.54. The SMILES string of the molecule is Cc1ccc(CN)cc1S(=O)(=O)NCCOCC1CC1. The molecule has 0 bridgehead atoms.